The van der Waals surface area contributed by atoms with Crippen LogP contribution in [0.5, 0.6) is 0 Å². The third-order valence-corrected chi connectivity index (χ3v) is 6.01. The second-order valence-corrected chi connectivity index (χ2v) is 9.61. The Labute approximate surface area is 199 Å². The van der Waals surface area contributed by atoms with Gasteiger partial charge >= 0.3 is 0 Å². The monoisotopic (exact) mass is 454 g/mol. The number of hydrogen-bond donors (Lipinski definition) is 3. The molecule has 1 fully saturated rings. The number of aliphatic hydroxyl groups is 1. The molecule has 0 saturated carbocycles. The van der Waals surface area contributed by atoms with Crippen molar-refractivity contribution >= 4 is 33.8 Å². The van der Waals surface area contributed by atoms with Gasteiger partial charge in [-0.3, -0.25) is 5.10 Å². The molecule has 1 saturated heterocycles. The van der Waals surface area contributed by atoms with E-state index >= 15 is 0 Å². The van der Waals surface area contributed by atoms with Crippen molar-refractivity contribution in [1.82, 2.24) is 15.1 Å². The van der Waals surface area contributed by atoms with Gasteiger partial charge in [0.15, 0.2) is 5.84 Å². The van der Waals surface area contributed by atoms with Crippen LogP contribution < -0.4 is 10.2 Å². The first-order chi connectivity index (χ1) is 16.3. The van der Waals surface area contributed by atoms with Gasteiger partial charge in [0.25, 0.3) is 0 Å². The van der Waals surface area contributed by atoms with E-state index in [-0.39, 0.29) is 0 Å². The maximum absolute atomic E-state index is 10.0. The number of β-amino-alcohol motifs (C(OH)–C–C–N with tert-alkyl or cyclic N) is 1. The lowest BCUT2D eigenvalue weighted by Crippen LogP contribution is -2.60. The zero-order valence-corrected chi connectivity index (χ0v) is 19.8. The highest BCUT2D eigenvalue weighted by Gasteiger charge is 2.36. The standard InChI is InChI=1S/C27H30N6O/c1-18(2)11-12-32-15-25(20-5-6-21-14-28-31-24(21)13-20)30-26(19(32)3)29-22-7-9-23(10-8-22)33-16-27(4,34)17-33/h5-15,18,34H,3,16-17H2,1-2,4H3,(H,28,31)(H,29,30)/b12-11-. The van der Waals surface area contributed by atoms with Gasteiger partial charge in [-0.25, -0.2) is 4.99 Å². The minimum atomic E-state index is -0.597. The number of benzene rings is 2. The molecule has 34 heavy (non-hydrogen) atoms. The number of H-pyrrole nitrogens is 1. The molecular formula is C27H30N6O. The zero-order valence-electron chi connectivity index (χ0n) is 19.8. The molecule has 0 spiro atoms. The number of anilines is 2. The molecule has 2 aliphatic heterocycles. The molecule has 0 amide bonds. The smallest absolute Gasteiger partial charge is 0.154 e. The van der Waals surface area contributed by atoms with Gasteiger partial charge < -0.3 is 20.2 Å². The molecule has 3 N–H and O–H groups in total. The average molecular weight is 455 g/mol. The van der Waals surface area contributed by atoms with Crippen LogP contribution in [0.15, 0.2) is 84.4 Å². The van der Waals surface area contributed by atoms with E-state index in [1.807, 2.05) is 48.6 Å². The first kappa shape index (κ1) is 22.0. The molecule has 1 aromatic heterocycles. The fraction of sp³-hybridized carbons (Fsp3) is 0.259. The molecule has 3 aromatic rings. The highest BCUT2D eigenvalue weighted by molar-refractivity contribution is 6.11. The third kappa shape index (κ3) is 4.47. The van der Waals surface area contributed by atoms with E-state index < -0.39 is 5.60 Å². The molecule has 0 aliphatic carbocycles. The maximum Gasteiger partial charge on any atom is 0.154 e. The molecule has 3 heterocycles. The number of fused-ring (bicyclic) bond motifs is 1. The molecule has 0 radical (unpaired) electrons. The van der Waals surface area contributed by atoms with Gasteiger partial charge in [-0.2, -0.15) is 5.10 Å². The van der Waals surface area contributed by atoms with Crippen molar-refractivity contribution in [2.24, 2.45) is 10.9 Å². The van der Waals surface area contributed by atoms with Gasteiger partial charge in [-0.05, 0) is 43.2 Å². The predicted octanol–water partition coefficient (Wildman–Crippen LogP) is 4.94. The Kier molecular flexibility index (Phi) is 5.49. The number of allylic oxidation sites excluding steroid dienone is 1. The maximum atomic E-state index is 10.0. The zero-order chi connectivity index (χ0) is 23.9. The summed E-state index contributed by atoms with van der Waals surface area (Å²) in [5.41, 5.74) is 4.99. The molecule has 5 rings (SSSR count). The van der Waals surface area contributed by atoms with Crippen LogP contribution in [-0.4, -0.2) is 44.7 Å². The summed E-state index contributed by atoms with van der Waals surface area (Å²) in [5.74, 6) is 1.10. The molecule has 7 heteroatoms. The number of nitrogens with zero attached hydrogens (tertiary/aromatic N) is 4. The summed E-state index contributed by atoms with van der Waals surface area (Å²) in [5, 5.41) is 21.7. The van der Waals surface area contributed by atoms with E-state index in [2.05, 4.69) is 71.2 Å². The first-order valence-corrected chi connectivity index (χ1v) is 11.5. The van der Waals surface area contributed by atoms with E-state index in [9.17, 15) is 5.11 Å². The lowest BCUT2D eigenvalue weighted by molar-refractivity contribution is 0.0310. The minimum Gasteiger partial charge on any atom is -0.386 e. The van der Waals surface area contributed by atoms with Crippen LogP contribution in [0.1, 0.15) is 26.3 Å². The number of nitrogens with one attached hydrogen (secondary N) is 2. The van der Waals surface area contributed by atoms with E-state index in [1.54, 1.807) is 0 Å². The van der Waals surface area contributed by atoms with E-state index in [0.29, 0.717) is 24.8 Å². The molecule has 2 aromatic carbocycles. The largest absolute Gasteiger partial charge is 0.386 e. The van der Waals surface area contributed by atoms with Crippen molar-refractivity contribution in [3.05, 3.63) is 85.0 Å². The van der Waals surface area contributed by atoms with Crippen LogP contribution in [0.3, 0.4) is 0 Å². The number of aromatic amines is 1. The Bertz CT molecular complexity index is 1300. The quantitative estimate of drug-likeness (QED) is 0.509. The Balaban J connectivity index is 1.42. The SMILES string of the molecule is C=C1C(Nc2ccc(N3CC(C)(O)C3)cc2)=NC(c2ccc3cn[nH]c3c2)=CN1/C=C\C(C)C. The first-order valence-electron chi connectivity index (χ1n) is 11.5. The third-order valence-electron chi connectivity index (χ3n) is 6.01. The number of aromatic nitrogens is 2. The Hall–Kier alpha value is -3.84. The van der Waals surface area contributed by atoms with Crippen LogP contribution in [0.25, 0.3) is 16.6 Å². The van der Waals surface area contributed by atoms with E-state index in [0.717, 1.165) is 39.2 Å². The van der Waals surface area contributed by atoms with Crippen LogP contribution in [0.4, 0.5) is 11.4 Å². The van der Waals surface area contributed by atoms with Gasteiger partial charge in [-0.15, -0.1) is 0 Å². The van der Waals surface area contributed by atoms with Gasteiger partial charge in [-0.1, -0.05) is 38.6 Å². The highest BCUT2D eigenvalue weighted by Crippen LogP contribution is 2.30. The van der Waals surface area contributed by atoms with Gasteiger partial charge in [0, 0.05) is 47.8 Å². The fourth-order valence-electron chi connectivity index (χ4n) is 4.13. The van der Waals surface area contributed by atoms with Crippen LogP contribution in [0.2, 0.25) is 0 Å². The summed E-state index contributed by atoms with van der Waals surface area (Å²) in [6.45, 7) is 11.7. The minimum absolute atomic E-state index is 0.413. The van der Waals surface area contributed by atoms with Crippen molar-refractivity contribution in [3.8, 4) is 0 Å². The van der Waals surface area contributed by atoms with Crippen LogP contribution in [-0.2, 0) is 0 Å². The molecule has 174 valence electrons. The predicted molar refractivity (Wildman–Crippen MR) is 139 cm³/mol. The molecule has 0 unspecified atom stereocenters. The second-order valence-electron chi connectivity index (χ2n) is 9.61. The van der Waals surface area contributed by atoms with Gasteiger partial charge in [0.1, 0.15) is 0 Å². The van der Waals surface area contributed by atoms with Gasteiger partial charge in [0.2, 0.25) is 0 Å². The summed E-state index contributed by atoms with van der Waals surface area (Å²) in [7, 11) is 0. The van der Waals surface area contributed by atoms with Gasteiger partial charge in [0.05, 0.1) is 28.7 Å². The van der Waals surface area contributed by atoms with Crippen molar-refractivity contribution in [2.75, 3.05) is 23.3 Å². The number of hydrogen-bond acceptors (Lipinski definition) is 6. The molecule has 0 atom stereocenters. The van der Waals surface area contributed by atoms with E-state index in [4.69, 9.17) is 4.99 Å². The second kappa shape index (κ2) is 8.50. The van der Waals surface area contributed by atoms with Crippen molar-refractivity contribution < 1.29 is 5.11 Å². The average Bonchev–Trinajstić information content (AvgIpc) is 3.26. The van der Waals surface area contributed by atoms with Crippen molar-refractivity contribution in [3.63, 3.8) is 0 Å². The molecule has 7 nitrogen and oxygen atoms in total. The van der Waals surface area contributed by atoms with Crippen LogP contribution in [0, 0.1) is 5.92 Å². The molecule has 0 bridgehead atoms. The van der Waals surface area contributed by atoms with Crippen molar-refractivity contribution in [1.29, 1.82) is 0 Å². The highest BCUT2D eigenvalue weighted by atomic mass is 16.3. The Morgan fingerprint density at radius 3 is 2.65 bits per heavy atom. The lowest BCUT2D eigenvalue weighted by atomic mass is 9.96. The Morgan fingerprint density at radius 2 is 1.94 bits per heavy atom. The fourth-order valence-corrected chi connectivity index (χ4v) is 4.13. The number of amidine groups is 1. The summed E-state index contributed by atoms with van der Waals surface area (Å²) in [6, 6.07) is 14.3. The number of aliphatic imine (C=N–C) groups is 1. The lowest BCUT2D eigenvalue weighted by Gasteiger charge is -2.45. The summed E-state index contributed by atoms with van der Waals surface area (Å²) in [6.07, 6.45) is 7.99. The van der Waals surface area contributed by atoms with Crippen LogP contribution >= 0.6 is 0 Å². The van der Waals surface area contributed by atoms with E-state index in [1.165, 1.54) is 0 Å². The summed E-state index contributed by atoms with van der Waals surface area (Å²) < 4.78 is 0. The summed E-state index contributed by atoms with van der Waals surface area (Å²) in [4.78, 5) is 9.09. The molecular weight excluding hydrogens is 424 g/mol. The molecule has 2 aliphatic rings. The Morgan fingerprint density at radius 1 is 1.18 bits per heavy atom. The number of rotatable bonds is 5. The summed E-state index contributed by atoms with van der Waals surface area (Å²) >= 11 is 0. The topological polar surface area (TPSA) is 79.8 Å². The van der Waals surface area contributed by atoms with Crippen molar-refractivity contribution in [2.45, 2.75) is 26.4 Å². The normalized spacial score (nSPS) is 17.9.